The van der Waals surface area contributed by atoms with Gasteiger partial charge in [-0.25, -0.2) is 0 Å². The SMILES string of the molecule is CC/C=C\C/C=C\C/C=C\CCCCCC(=O)OC(COC(=O)CCCCCCC/C=C\CCCCCCCC)COC(=O)CCCCCCCCCCC. The maximum Gasteiger partial charge on any atom is 0.306 e. The Morgan fingerprint density at radius 3 is 1.15 bits per heavy atom. The lowest BCUT2D eigenvalue weighted by Gasteiger charge is -2.18. The normalized spacial score (nSPS) is 12.4. The molecule has 0 fully saturated rings. The van der Waals surface area contributed by atoms with E-state index >= 15 is 0 Å². The minimum absolute atomic E-state index is 0.0865. The van der Waals surface area contributed by atoms with E-state index in [0.29, 0.717) is 19.3 Å². The lowest BCUT2D eigenvalue weighted by atomic mass is 10.1. The van der Waals surface area contributed by atoms with Crippen molar-refractivity contribution < 1.29 is 28.6 Å². The predicted octanol–water partition coefficient (Wildman–Crippen LogP) is 14.8. The fourth-order valence-electron chi connectivity index (χ4n) is 6.33. The summed E-state index contributed by atoms with van der Waals surface area (Å²) >= 11 is 0. The molecule has 0 saturated heterocycles. The van der Waals surface area contributed by atoms with Crippen molar-refractivity contribution in [3.8, 4) is 0 Å². The van der Waals surface area contributed by atoms with Crippen molar-refractivity contribution >= 4 is 17.9 Å². The molecule has 0 rings (SSSR count). The maximum atomic E-state index is 12.7. The van der Waals surface area contributed by atoms with E-state index in [-0.39, 0.29) is 31.1 Å². The Morgan fingerprint density at radius 1 is 0.382 bits per heavy atom. The average molecular weight is 771 g/mol. The van der Waals surface area contributed by atoms with Crippen molar-refractivity contribution in [3.63, 3.8) is 0 Å². The van der Waals surface area contributed by atoms with Crippen molar-refractivity contribution in [2.24, 2.45) is 0 Å². The summed E-state index contributed by atoms with van der Waals surface area (Å²) in [6.45, 7) is 6.46. The molecule has 0 saturated carbocycles. The summed E-state index contributed by atoms with van der Waals surface area (Å²) in [5.41, 5.74) is 0. The van der Waals surface area contributed by atoms with Crippen LogP contribution in [-0.4, -0.2) is 37.2 Å². The molecule has 55 heavy (non-hydrogen) atoms. The summed E-state index contributed by atoms with van der Waals surface area (Å²) in [6.07, 6.45) is 51.0. The molecule has 0 aliphatic heterocycles. The van der Waals surface area contributed by atoms with Crippen molar-refractivity contribution in [2.75, 3.05) is 13.2 Å². The summed E-state index contributed by atoms with van der Waals surface area (Å²) in [5.74, 6) is -0.928. The zero-order chi connectivity index (χ0) is 40.1. The fraction of sp³-hybridized carbons (Fsp3) is 0.776. The number of carbonyl (C=O) groups excluding carboxylic acids is 3. The maximum absolute atomic E-state index is 12.7. The van der Waals surface area contributed by atoms with Gasteiger partial charge in [-0.3, -0.25) is 14.4 Å². The second kappa shape index (κ2) is 44.1. The van der Waals surface area contributed by atoms with Gasteiger partial charge in [0, 0.05) is 19.3 Å². The van der Waals surface area contributed by atoms with E-state index in [1.807, 2.05) is 0 Å². The molecule has 0 amide bonds. The Kier molecular flexibility index (Phi) is 42.0. The van der Waals surface area contributed by atoms with Crippen molar-refractivity contribution in [2.45, 2.75) is 232 Å². The molecule has 6 nitrogen and oxygen atoms in total. The summed E-state index contributed by atoms with van der Waals surface area (Å²) in [5, 5.41) is 0. The molecular weight excluding hydrogens is 685 g/mol. The summed E-state index contributed by atoms with van der Waals surface area (Å²) in [4.78, 5) is 37.7. The van der Waals surface area contributed by atoms with Gasteiger partial charge in [0.15, 0.2) is 6.10 Å². The molecule has 0 spiro atoms. The molecule has 0 aliphatic rings. The first-order valence-corrected chi connectivity index (χ1v) is 23.1. The molecule has 0 N–H and O–H groups in total. The first-order valence-electron chi connectivity index (χ1n) is 23.1. The van der Waals surface area contributed by atoms with E-state index in [1.165, 1.54) is 96.3 Å². The number of rotatable bonds is 41. The highest BCUT2D eigenvalue weighted by Gasteiger charge is 2.19. The van der Waals surface area contributed by atoms with Crippen molar-refractivity contribution in [1.29, 1.82) is 0 Å². The van der Waals surface area contributed by atoms with Crippen LogP contribution in [0.25, 0.3) is 0 Å². The molecule has 0 heterocycles. The number of esters is 3. The van der Waals surface area contributed by atoms with E-state index in [4.69, 9.17) is 14.2 Å². The Morgan fingerprint density at radius 2 is 0.709 bits per heavy atom. The monoisotopic (exact) mass is 771 g/mol. The Labute approximate surface area is 339 Å². The van der Waals surface area contributed by atoms with Gasteiger partial charge in [-0.15, -0.1) is 0 Å². The molecule has 1 atom stereocenters. The quantitative estimate of drug-likeness (QED) is 0.0267. The van der Waals surface area contributed by atoms with Crippen LogP contribution in [0.1, 0.15) is 226 Å². The number of hydrogen-bond donors (Lipinski definition) is 0. The molecule has 318 valence electrons. The number of hydrogen-bond acceptors (Lipinski definition) is 6. The lowest BCUT2D eigenvalue weighted by Crippen LogP contribution is -2.30. The third-order valence-corrected chi connectivity index (χ3v) is 9.82. The summed E-state index contributed by atoms with van der Waals surface area (Å²) < 4.78 is 16.7. The molecule has 6 heteroatoms. The first kappa shape index (κ1) is 52.4. The molecule has 1 unspecified atom stereocenters. The average Bonchev–Trinajstić information content (AvgIpc) is 3.18. The second-order valence-corrected chi connectivity index (χ2v) is 15.3. The van der Waals surface area contributed by atoms with Gasteiger partial charge in [0.25, 0.3) is 0 Å². The number of allylic oxidation sites excluding steroid dienone is 8. The molecular formula is C49H86O6. The van der Waals surface area contributed by atoms with E-state index in [0.717, 1.165) is 89.9 Å². The van der Waals surface area contributed by atoms with Gasteiger partial charge in [-0.2, -0.15) is 0 Å². The highest BCUT2D eigenvalue weighted by atomic mass is 16.6. The molecule has 0 radical (unpaired) electrons. The lowest BCUT2D eigenvalue weighted by molar-refractivity contribution is -0.167. The van der Waals surface area contributed by atoms with Crippen LogP contribution in [0.4, 0.5) is 0 Å². The summed E-state index contributed by atoms with van der Waals surface area (Å²) in [6, 6.07) is 0. The van der Waals surface area contributed by atoms with Crippen LogP contribution in [0.2, 0.25) is 0 Å². The van der Waals surface area contributed by atoms with E-state index in [1.54, 1.807) is 0 Å². The summed E-state index contributed by atoms with van der Waals surface area (Å²) in [7, 11) is 0. The minimum atomic E-state index is -0.786. The van der Waals surface area contributed by atoms with E-state index < -0.39 is 6.10 Å². The minimum Gasteiger partial charge on any atom is -0.462 e. The van der Waals surface area contributed by atoms with Gasteiger partial charge in [0.05, 0.1) is 0 Å². The van der Waals surface area contributed by atoms with Gasteiger partial charge in [0.2, 0.25) is 0 Å². The van der Waals surface area contributed by atoms with Crippen LogP contribution in [-0.2, 0) is 28.6 Å². The third kappa shape index (κ3) is 42.4. The van der Waals surface area contributed by atoms with Crippen molar-refractivity contribution in [1.82, 2.24) is 0 Å². The topological polar surface area (TPSA) is 78.9 Å². The predicted molar refractivity (Wildman–Crippen MR) is 233 cm³/mol. The zero-order valence-electron chi connectivity index (χ0n) is 36.2. The van der Waals surface area contributed by atoms with Gasteiger partial charge >= 0.3 is 17.9 Å². The second-order valence-electron chi connectivity index (χ2n) is 15.3. The van der Waals surface area contributed by atoms with Crippen LogP contribution in [0.15, 0.2) is 48.6 Å². The molecule has 0 aliphatic carbocycles. The standard InChI is InChI=1S/C49H86O6/c1-4-7-10-13-16-19-21-23-24-26-27-30-33-36-39-42-48(51)54-45-46(44-53-47(50)41-38-35-32-29-18-15-12-9-6-3)55-49(52)43-40-37-34-31-28-25-22-20-17-14-11-8-5-2/h8,11,17,20,23-25,28,46H,4-7,9-10,12-16,18-19,21-22,26-27,29-45H2,1-3H3/b11-8-,20-17-,24-23-,28-25-. The zero-order valence-corrected chi connectivity index (χ0v) is 36.2. The Hall–Kier alpha value is -2.63. The first-order chi connectivity index (χ1) is 27.0. The van der Waals surface area contributed by atoms with Crippen molar-refractivity contribution in [3.05, 3.63) is 48.6 Å². The Bertz CT molecular complexity index is 980. The molecule has 0 aromatic carbocycles. The van der Waals surface area contributed by atoms with E-state index in [9.17, 15) is 14.4 Å². The van der Waals surface area contributed by atoms with Crippen LogP contribution in [0.3, 0.4) is 0 Å². The van der Waals surface area contributed by atoms with Crippen LogP contribution in [0.5, 0.6) is 0 Å². The number of unbranched alkanes of at least 4 members (excludes halogenated alkanes) is 22. The highest BCUT2D eigenvalue weighted by Crippen LogP contribution is 2.13. The van der Waals surface area contributed by atoms with Crippen LogP contribution < -0.4 is 0 Å². The van der Waals surface area contributed by atoms with E-state index in [2.05, 4.69) is 69.4 Å². The third-order valence-electron chi connectivity index (χ3n) is 9.82. The number of ether oxygens (including phenoxy) is 3. The smallest absolute Gasteiger partial charge is 0.306 e. The molecule has 0 aromatic rings. The molecule has 0 bridgehead atoms. The number of carbonyl (C=O) groups is 3. The fourth-order valence-corrected chi connectivity index (χ4v) is 6.33. The van der Waals surface area contributed by atoms with Gasteiger partial charge in [-0.1, -0.05) is 179 Å². The van der Waals surface area contributed by atoms with Gasteiger partial charge in [-0.05, 0) is 77.0 Å². The Balaban J connectivity index is 4.40. The molecule has 0 aromatic heterocycles. The van der Waals surface area contributed by atoms with Gasteiger partial charge < -0.3 is 14.2 Å². The van der Waals surface area contributed by atoms with Crippen LogP contribution in [0, 0.1) is 0 Å². The highest BCUT2D eigenvalue weighted by molar-refractivity contribution is 5.71. The van der Waals surface area contributed by atoms with Gasteiger partial charge in [0.1, 0.15) is 13.2 Å². The largest absolute Gasteiger partial charge is 0.462 e. The van der Waals surface area contributed by atoms with Crippen LogP contribution >= 0.6 is 0 Å².